The lowest BCUT2D eigenvalue weighted by Gasteiger charge is -1.99. The lowest BCUT2D eigenvalue weighted by Crippen LogP contribution is -2.04. The van der Waals surface area contributed by atoms with Crippen LogP contribution in [0.5, 0.6) is 0 Å². The van der Waals surface area contributed by atoms with Crippen molar-refractivity contribution >= 4 is 15.8 Å². The molecule has 1 rings (SSSR count). The van der Waals surface area contributed by atoms with E-state index in [2.05, 4.69) is 9.84 Å². The van der Waals surface area contributed by atoms with E-state index < -0.39 is 15.8 Å². The third-order valence-corrected chi connectivity index (χ3v) is 3.20. The number of carbonyl (C=O) groups is 1. The van der Waals surface area contributed by atoms with Gasteiger partial charge < -0.3 is 4.74 Å². The number of methoxy groups -OCH3 is 1. The van der Waals surface area contributed by atoms with Crippen LogP contribution < -0.4 is 0 Å². The molecule has 7 heteroatoms. The Kier molecular flexibility index (Phi) is 4.06. The smallest absolute Gasteiger partial charge is 0.333 e. The summed E-state index contributed by atoms with van der Waals surface area (Å²) < 4.78 is 28.4. The van der Waals surface area contributed by atoms with Gasteiger partial charge in [-0.05, 0) is 6.92 Å². The number of sulfone groups is 1. The van der Waals surface area contributed by atoms with E-state index in [1.165, 1.54) is 24.2 Å². The van der Waals surface area contributed by atoms with Gasteiger partial charge in [-0.15, -0.1) is 0 Å². The van der Waals surface area contributed by atoms with Crippen molar-refractivity contribution in [1.29, 1.82) is 0 Å². The Bertz CT molecular complexity index is 542. The van der Waals surface area contributed by atoms with Gasteiger partial charge in [0, 0.05) is 18.0 Å². The molecule has 0 amide bonds. The predicted octanol–water partition coefficient (Wildman–Crippen LogP) is 0.406. The normalized spacial score (nSPS) is 12.5. The molecule has 0 aromatic carbocycles. The highest BCUT2D eigenvalue weighted by atomic mass is 32.2. The molecule has 0 N–H and O–H groups in total. The highest BCUT2D eigenvalue weighted by Gasteiger charge is 2.09. The molecule has 0 saturated carbocycles. The van der Waals surface area contributed by atoms with Crippen LogP contribution in [0.25, 0.3) is 0 Å². The van der Waals surface area contributed by atoms with Crippen molar-refractivity contribution in [1.82, 2.24) is 9.78 Å². The van der Waals surface area contributed by atoms with Crippen LogP contribution in [0.2, 0.25) is 0 Å². The zero-order valence-corrected chi connectivity index (χ0v) is 10.7. The van der Waals surface area contributed by atoms with Crippen LogP contribution in [-0.4, -0.2) is 37.5 Å². The number of esters is 1. The first-order chi connectivity index (χ1) is 7.84. The maximum atomic E-state index is 11.2. The SMILES string of the molecule is COC(=O)/C(C)=C/Cn1cc(S(C)(=O)=O)cn1. The second-order valence-corrected chi connectivity index (χ2v) is 5.56. The number of hydrogen-bond donors (Lipinski definition) is 0. The van der Waals surface area contributed by atoms with Gasteiger partial charge in [0.1, 0.15) is 4.90 Å². The molecule has 94 valence electrons. The molecule has 17 heavy (non-hydrogen) atoms. The zero-order chi connectivity index (χ0) is 13.1. The van der Waals surface area contributed by atoms with Crippen molar-refractivity contribution in [2.24, 2.45) is 0 Å². The summed E-state index contributed by atoms with van der Waals surface area (Å²) in [7, 11) is -1.94. The number of aromatic nitrogens is 2. The molecular formula is C10H14N2O4S. The van der Waals surface area contributed by atoms with Crippen molar-refractivity contribution in [2.75, 3.05) is 13.4 Å². The van der Waals surface area contributed by atoms with Crippen LogP contribution in [0, 0.1) is 0 Å². The summed E-state index contributed by atoms with van der Waals surface area (Å²) in [6.07, 6.45) is 5.42. The standard InChI is InChI=1S/C10H14N2O4S/c1-8(10(13)16-2)4-5-12-7-9(6-11-12)17(3,14)15/h4,6-7H,5H2,1-3H3/b8-4+. The van der Waals surface area contributed by atoms with Gasteiger partial charge in [-0.1, -0.05) is 6.08 Å². The highest BCUT2D eigenvalue weighted by molar-refractivity contribution is 7.90. The molecule has 6 nitrogen and oxygen atoms in total. The van der Waals surface area contributed by atoms with Gasteiger partial charge in [0.05, 0.1) is 19.9 Å². The molecule has 0 aliphatic rings. The van der Waals surface area contributed by atoms with Gasteiger partial charge in [0.25, 0.3) is 0 Å². The molecule has 1 aromatic rings. The van der Waals surface area contributed by atoms with Crippen molar-refractivity contribution in [3.8, 4) is 0 Å². The Morgan fingerprint density at radius 2 is 2.24 bits per heavy atom. The molecule has 0 unspecified atom stereocenters. The summed E-state index contributed by atoms with van der Waals surface area (Å²) in [5.41, 5.74) is 0.448. The summed E-state index contributed by atoms with van der Waals surface area (Å²) in [5.74, 6) is -0.416. The number of allylic oxidation sites excluding steroid dienone is 1. The number of hydrogen-bond acceptors (Lipinski definition) is 5. The van der Waals surface area contributed by atoms with Crippen molar-refractivity contribution in [3.05, 3.63) is 24.0 Å². The summed E-state index contributed by atoms with van der Waals surface area (Å²) in [4.78, 5) is 11.2. The Labute approximate surface area is 99.8 Å². The quantitative estimate of drug-likeness (QED) is 0.577. The number of ether oxygens (including phenoxy) is 1. The van der Waals surface area contributed by atoms with Gasteiger partial charge in [-0.2, -0.15) is 5.10 Å². The lowest BCUT2D eigenvalue weighted by atomic mass is 10.3. The molecule has 0 atom stereocenters. The van der Waals surface area contributed by atoms with Crippen LogP contribution in [0.1, 0.15) is 6.92 Å². The van der Waals surface area contributed by atoms with E-state index in [-0.39, 0.29) is 4.90 Å². The Morgan fingerprint density at radius 1 is 1.59 bits per heavy atom. The van der Waals surface area contributed by atoms with Crippen molar-refractivity contribution in [3.63, 3.8) is 0 Å². The molecule has 0 aliphatic heterocycles. The molecule has 0 radical (unpaired) electrons. The van der Waals surface area contributed by atoms with Crippen LogP contribution in [0.3, 0.4) is 0 Å². The highest BCUT2D eigenvalue weighted by Crippen LogP contribution is 2.06. The first-order valence-electron chi connectivity index (χ1n) is 4.82. The lowest BCUT2D eigenvalue weighted by molar-refractivity contribution is -0.136. The topological polar surface area (TPSA) is 78.3 Å². The van der Waals surface area contributed by atoms with E-state index >= 15 is 0 Å². The van der Waals surface area contributed by atoms with E-state index in [9.17, 15) is 13.2 Å². The number of carbonyl (C=O) groups excluding carboxylic acids is 1. The van der Waals surface area contributed by atoms with Gasteiger partial charge in [0.15, 0.2) is 9.84 Å². The van der Waals surface area contributed by atoms with Crippen LogP contribution in [0.15, 0.2) is 28.9 Å². The van der Waals surface area contributed by atoms with Gasteiger partial charge in [0.2, 0.25) is 0 Å². The summed E-state index contributed by atoms with van der Waals surface area (Å²) in [5, 5.41) is 3.88. The van der Waals surface area contributed by atoms with Crippen LogP contribution in [-0.2, 0) is 25.9 Å². The average Bonchev–Trinajstić information content (AvgIpc) is 2.72. The van der Waals surface area contributed by atoms with E-state index in [1.807, 2.05) is 0 Å². The molecule has 1 aromatic heterocycles. The Balaban J connectivity index is 2.78. The fourth-order valence-electron chi connectivity index (χ4n) is 1.11. The van der Waals surface area contributed by atoms with E-state index in [1.54, 1.807) is 13.0 Å². The molecule has 0 bridgehead atoms. The zero-order valence-electron chi connectivity index (χ0n) is 9.87. The molecule has 0 saturated heterocycles. The minimum Gasteiger partial charge on any atom is -0.466 e. The number of nitrogens with zero attached hydrogens (tertiary/aromatic N) is 2. The van der Waals surface area contributed by atoms with Gasteiger partial charge in [-0.25, -0.2) is 13.2 Å². The Morgan fingerprint density at radius 3 is 2.71 bits per heavy atom. The minimum atomic E-state index is -3.24. The van der Waals surface area contributed by atoms with E-state index in [4.69, 9.17) is 0 Å². The molecular weight excluding hydrogens is 244 g/mol. The molecule has 0 aliphatic carbocycles. The minimum absolute atomic E-state index is 0.154. The fourth-order valence-corrected chi connectivity index (χ4v) is 1.66. The summed E-state index contributed by atoms with van der Waals surface area (Å²) >= 11 is 0. The van der Waals surface area contributed by atoms with Crippen molar-refractivity contribution in [2.45, 2.75) is 18.4 Å². The van der Waals surface area contributed by atoms with Crippen molar-refractivity contribution < 1.29 is 17.9 Å². The first-order valence-corrected chi connectivity index (χ1v) is 6.71. The van der Waals surface area contributed by atoms with Gasteiger partial charge in [-0.3, -0.25) is 4.68 Å². The van der Waals surface area contributed by atoms with Crippen LogP contribution >= 0.6 is 0 Å². The number of rotatable bonds is 4. The Hall–Kier alpha value is -1.63. The maximum absolute atomic E-state index is 11.2. The van der Waals surface area contributed by atoms with Crippen LogP contribution in [0.4, 0.5) is 0 Å². The average molecular weight is 258 g/mol. The molecule has 0 fully saturated rings. The second-order valence-electron chi connectivity index (χ2n) is 3.55. The summed E-state index contributed by atoms with van der Waals surface area (Å²) in [6, 6.07) is 0. The first kappa shape index (κ1) is 13.4. The third-order valence-electron chi connectivity index (χ3n) is 2.13. The largest absolute Gasteiger partial charge is 0.466 e. The third kappa shape index (κ3) is 3.70. The second kappa shape index (κ2) is 5.13. The molecule has 1 heterocycles. The van der Waals surface area contributed by atoms with Gasteiger partial charge >= 0.3 is 5.97 Å². The molecule has 0 spiro atoms. The van der Waals surface area contributed by atoms with E-state index in [0.29, 0.717) is 12.1 Å². The summed E-state index contributed by atoms with van der Waals surface area (Å²) in [6.45, 7) is 1.93. The van der Waals surface area contributed by atoms with E-state index in [0.717, 1.165) is 6.26 Å². The maximum Gasteiger partial charge on any atom is 0.333 e. The fraction of sp³-hybridized carbons (Fsp3) is 0.400. The monoisotopic (exact) mass is 258 g/mol. The predicted molar refractivity (Wildman–Crippen MR) is 61.1 cm³/mol.